The van der Waals surface area contributed by atoms with Crippen LogP contribution in [0.1, 0.15) is 31.7 Å². The van der Waals surface area contributed by atoms with Crippen molar-refractivity contribution in [2.24, 2.45) is 5.73 Å². The van der Waals surface area contributed by atoms with E-state index < -0.39 is 11.5 Å². The van der Waals surface area contributed by atoms with Gasteiger partial charge in [-0.3, -0.25) is 14.9 Å². The van der Waals surface area contributed by atoms with E-state index in [9.17, 15) is 14.4 Å². The zero-order valence-corrected chi connectivity index (χ0v) is 11.1. The summed E-state index contributed by atoms with van der Waals surface area (Å²) >= 11 is 0. The largest absolute Gasteiger partial charge is 0.411 e. The number of imide groups is 1. The molecule has 6 heteroatoms. The van der Waals surface area contributed by atoms with Gasteiger partial charge in [-0.25, -0.2) is 4.79 Å². The third-order valence-electron chi connectivity index (χ3n) is 3.70. The Hall–Kier alpha value is -2.37. The average molecular weight is 276 g/mol. The van der Waals surface area contributed by atoms with Gasteiger partial charge in [0.15, 0.2) is 0 Å². The fraction of sp³-hybridized carbons (Fsp3) is 0.357. The second-order valence-electron chi connectivity index (χ2n) is 4.76. The highest BCUT2D eigenvalue weighted by Gasteiger charge is 2.42. The van der Waals surface area contributed by atoms with Crippen LogP contribution in [0.15, 0.2) is 24.3 Å². The smallest absolute Gasteiger partial charge is 0.409 e. The molecular weight excluding hydrogens is 260 g/mol. The summed E-state index contributed by atoms with van der Waals surface area (Å²) in [5.74, 6) is -0.202. The third kappa shape index (κ3) is 2.49. The van der Waals surface area contributed by atoms with E-state index in [1.165, 1.54) is 0 Å². The molecule has 1 aromatic carbocycles. The Balaban J connectivity index is 2.30. The molecule has 2 rings (SSSR count). The van der Waals surface area contributed by atoms with Crippen LogP contribution in [0.25, 0.3) is 0 Å². The van der Waals surface area contributed by atoms with Crippen LogP contribution < -0.4 is 15.8 Å². The summed E-state index contributed by atoms with van der Waals surface area (Å²) < 4.78 is 4.75. The average Bonchev–Trinajstić information content (AvgIpc) is 2.40. The maximum Gasteiger partial charge on any atom is 0.409 e. The summed E-state index contributed by atoms with van der Waals surface area (Å²) in [6.45, 7) is 1.91. The van der Waals surface area contributed by atoms with Gasteiger partial charge in [-0.1, -0.05) is 19.1 Å². The second kappa shape index (κ2) is 5.32. The molecule has 6 nitrogen and oxygen atoms in total. The van der Waals surface area contributed by atoms with Gasteiger partial charge >= 0.3 is 6.09 Å². The van der Waals surface area contributed by atoms with Crippen LogP contribution in [0, 0.1) is 0 Å². The molecule has 1 saturated heterocycles. The lowest BCUT2D eigenvalue weighted by Gasteiger charge is -2.34. The van der Waals surface area contributed by atoms with Crippen molar-refractivity contribution >= 4 is 17.9 Å². The summed E-state index contributed by atoms with van der Waals surface area (Å²) in [5, 5.41) is 2.38. The van der Waals surface area contributed by atoms with Crippen LogP contribution in [-0.2, 0) is 15.0 Å². The van der Waals surface area contributed by atoms with E-state index in [1.54, 1.807) is 24.3 Å². The normalized spacial score (nSPS) is 22.2. The van der Waals surface area contributed by atoms with Crippen LogP contribution >= 0.6 is 0 Å². The SMILES string of the molecule is CCC1(c2ccc(OC(N)=O)cc2)CCC(=O)NC1=O. The van der Waals surface area contributed by atoms with Gasteiger partial charge in [0, 0.05) is 6.42 Å². The minimum absolute atomic E-state index is 0.243. The molecule has 0 spiro atoms. The fourth-order valence-corrected chi connectivity index (χ4v) is 2.52. The first-order chi connectivity index (χ1) is 9.48. The molecule has 1 aromatic rings. The summed E-state index contributed by atoms with van der Waals surface area (Å²) in [5.41, 5.74) is 5.02. The van der Waals surface area contributed by atoms with E-state index in [1.807, 2.05) is 6.92 Å². The Morgan fingerprint density at radius 1 is 1.35 bits per heavy atom. The Morgan fingerprint density at radius 2 is 2.00 bits per heavy atom. The summed E-state index contributed by atoms with van der Waals surface area (Å²) in [6.07, 6.45) is 0.495. The van der Waals surface area contributed by atoms with Crippen LogP contribution in [0.4, 0.5) is 4.79 Å². The topological polar surface area (TPSA) is 98.5 Å². The van der Waals surface area contributed by atoms with Crippen molar-refractivity contribution in [2.75, 3.05) is 0 Å². The van der Waals surface area contributed by atoms with Gasteiger partial charge < -0.3 is 10.5 Å². The number of nitrogens with two attached hydrogens (primary N) is 1. The summed E-state index contributed by atoms with van der Waals surface area (Å²) in [7, 11) is 0. The number of carbonyl (C=O) groups is 3. The van der Waals surface area contributed by atoms with E-state index in [0.29, 0.717) is 25.0 Å². The predicted octanol–water partition coefficient (Wildman–Crippen LogP) is 1.23. The highest BCUT2D eigenvalue weighted by molar-refractivity contribution is 6.03. The molecule has 1 fully saturated rings. The van der Waals surface area contributed by atoms with E-state index in [0.717, 1.165) is 5.56 Å². The van der Waals surface area contributed by atoms with Gasteiger partial charge in [0.25, 0.3) is 0 Å². The van der Waals surface area contributed by atoms with Crippen molar-refractivity contribution in [3.05, 3.63) is 29.8 Å². The van der Waals surface area contributed by atoms with Gasteiger partial charge in [0.2, 0.25) is 11.8 Å². The zero-order valence-electron chi connectivity index (χ0n) is 11.1. The number of piperidine rings is 1. The van der Waals surface area contributed by atoms with Gasteiger partial charge in [-0.05, 0) is 30.5 Å². The van der Waals surface area contributed by atoms with Crippen molar-refractivity contribution in [3.8, 4) is 5.75 Å². The third-order valence-corrected chi connectivity index (χ3v) is 3.70. The number of amides is 3. The molecule has 3 amide bonds. The standard InChI is InChI=1S/C14H16N2O4/c1-2-14(8-7-11(17)16-12(14)18)9-3-5-10(6-4-9)20-13(15)19/h3-6H,2,7-8H2,1H3,(H2,15,19)(H,16,17,18). The van der Waals surface area contributed by atoms with Gasteiger partial charge in [-0.2, -0.15) is 0 Å². The molecule has 1 aliphatic rings. The lowest BCUT2D eigenvalue weighted by Crippen LogP contribution is -2.51. The molecule has 0 bridgehead atoms. The Bertz CT molecular complexity index is 553. The Labute approximate surface area is 116 Å². The van der Waals surface area contributed by atoms with Crippen molar-refractivity contribution in [3.63, 3.8) is 0 Å². The number of hydrogen-bond donors (Lipinski definition) is 2. The number of primary amides is 1. The predicted molar refractivity (Wildman–Crippen MR) is 71.0 cm³/mol. The van der Waals surface area contributed by atoms with Crippen LogP contribution in [-0.4, -0.2) is 17.9 Å². The number of benzene rings is 1. The molecule has 3 N–H and O–H groups in total. The summed E-state index contributed by atoms with van der Waals surface area (Å²) in [4.78, 5) is 34.1. The van der Waals surface area contributed by atoms with Crippen LogP contribution in [0.5, 0.6) is 5.75 Å². The van der Waals surface area contributed by atoms with Crippen molar-refractivity contribution in [2.45, 2.75) is 31.6 Å². The van der Waals surface area contributed by atoms with Gasteiger partial charge in [-0.15, -0.1) is 0 Å². The Kier molecular flexibility index (Phi) is 3.74. The lowest BCUT2D eigenvalue weighted by molar-refractivity contribution is -0.138. The number of hydrogen-bond acceptors (Lipinski definition) is 4. The molecule has 0 saturated carbocycles. The van der Waals surface area contributed by atoms with Crippen LogP contribution in [0.2, 0.25) is 0 Å². The highest BCUT2D eigenvalue weighted by Crippen LogP contribution is 2.36. The van der Waals surface area contributed by atoms with E-state index in [-0.39, 0.29) is 11.8 Å². The first-order valence-electron chi connectivity index (χ1n) is 6.40. The first kappa shape index (κ1) is 14.0. The van der Waals surface area contributed by atoms with Gasteiger partial charge in [0.1, 0.15) is 5.75 Å². The quantitative estimate of drug-likeness (QED) is 0.811. The molecule has 1 atom stereocenters. The number of carbonyl (C=O) groups excluding carboxylic acids is 3. The number of rotatable bonds is 3. The fourth-order valence-electron chi connectivity index (χ4n) is 2.52. The maximum absolute atomic E-state index is 12.2. The summed E-state index contributed by atoms with van der Waals surface area (Å²) in [6, 6.07) is 6.61. The van der Waals surface area contributed by atoms with E-state index >= 15 is 0 Å². The molecule has 0 aliphatic carbocycles. The van der Waals surface area contributed by atoms with Crippen LogP contribution in [0.3, 0.4) is 0 Å². The minimum Gasteiger partial charge on any atom is -0.411 e. The van der Waals surface area contributed by atoms with E-state index in [2.05, 4.69) is 5.32 Å². The lowest BCUT2D eigenvalue weighted by atomic mass is 9.72. The molecule has 1 heterocycles. The zero-order chi connectivity index (χ0) is 14.8. The molecular formula is C14H16N2O4. The first-order valence-corrected chi connectivity index (χ1v) is 6.40. The minimum atomic E-state index is -0.885. The maximum atomic E-state index is 12.2. The van der Waals surface area contributed by atoms with E-state index in [4.69, 9.17) is 10.5 Å². The molecule has 20 heavy (non-hydrogen) atoms. The number of ether oxygens (including phenoxy) is 1. The van der Waals surface area contributed by atoms with Crippen molar-refractivity contribution in [1.29, 1.82) is 0 Å². The molecule has 1 unspecified atom stereocenters. The highest BCUT2D eigenvalue weighted by atomic mass is 16.5. The van der Waals surface area contributed by atoms with Crippen molar-refractivity contribution in [1.82, 2.24) is 5.32 Å². The Morgan fingerprint density at radius 3 is 2.50 bits per heavy atom. The monoisotopic (exact) mass is 276 g/mol. The number of nitrogens with one attached hydrogen (secondary N) is 1. The molecule has 1 aliphatic heterocycles. The molecule has 106 valence electrons. The van der Waals surface area contributed by atoms with Gasteiger partial charge in [0.05, 0.1) is 5.41 Å². The molecule has 0 radical (unpaired) electrons. The molecule has 0 aromatic heterocycles. The second-order valence-corrected chi connectivity index (χ2v) is 4.76. The van der Waals surface area contributed by atoms with Crippen molar-refractivity contribution < 1.29 is 19.1 Å².